The van der Waals surface area contributed by atoms with Gasteiger partial charge < -0.3 is 20.1 Å². The molecule has 10 nitrogen and oxygen atoms in total. The minimum atomic E-state index is -0.280. The van der Waals surface area contributed by atoms with Crippen molar-refractivity contribution in [3.8, 4) is 22.9 Å². The highest BCUT2D eigenvalue weighted by molar-refractivity contribution is 6.05. The average Bonchev–Trinajstić information content (AvgIpc) is 3.34. The Morgan fingerprint density at radius 3 is 2.64 bits per heavy atom. The summed E-state index contributed by atoms with van der Waals surface area (Å²) in [4.78, 5) is 26.2. The molecule has 0 saturated heterocycles. The van der Waals surface area contributed by atoms with E-state index in [4.69, 9.17) is 9.47 Å². The summed E-state index contributed by atoms with van der Waals surface area (Å²) in [5.41, 5.74) is 3.28. The van der Waals surface area contributed by atoms with Crippen LogP contribution >= 0.6 is 0 Å². The quantitative estimate of drug-likeness (QED) is 0.349. The van der Waals surface area contributed by atoms with E-state index in [9.17, 15) is 4.79 Å². The highest BCUT2D eigenvalue weighted by Crippen LogP contribution is 2.30. The Labute approximate surface area is 207 Å². The first-order valence-corrected chi connectivity index (χ1v) is 11.1. The number of benzene rings is 2. The third-order valence-electron chi connectivity index (χ3n) is 5.41. The van der Waals surface area contributed by atoms with Crippen LogP contribution in [0.5, 0.6) is 11.5 Å². The Bertz CT molecular complexity index is 1550. The molecule has 0 aliphatic heterocycles. The average molecular weight is 482 g/mol. The summed E-state index contributed by atoms with van der Waals surface area (Å²) < 4.78 is 12.2. The normalized spacial score (nSPS) is 10.8. The van der Waals surface area contributed by atoms with E-state index in [-0.39, 0.29) is 5.91 Å². The number of hydrogen-bond acceptors (Lipinski definition) is 8. The number of carbonyl (C=O) groups is 1. The maximum absolute atomic E-state index is 13.0. The van der Waals surface area contributed by atoms with E-state index in [1.54, 1.807) is 60.4 Å². The molecule has 0 atom stereocenters. The molecule has 2 aromatic carbocycles. The van der Waals surface area contributed by atoms with Gasteiger partial charge in [-0.1, -0.05) is 6.07 Å². The van der Waals surface area contributed by atoms with Crippen molar-refractivity contribution in [2.75, 3.05) is 24.9 Å². The fraction of sp³-hybridized carbons (Fsp3) is 0.115. The summed E-state index contributed by atoms with van der Waals surface area (Å²) in [5.74, 6) is 2.49. The van der Waals surface area contributed by atoms with E-state index in [1.807, 2.05) is 31.2 Å². The highest BCUT2D eigenvalue weighted by Gasteiger charge is 2.14. The summed E-state index contributed by atoms with van der Waals surface area (Å²) in [7, 11) is 3.11. The van der Waals surface area contributed by atoms with Gasteiger partial charge in [0.05, 0.1) is 19.9 Å². The van der Waals surface area contributed by atoms with E-state index in [1.165, 1.54) is 7.11 Å². The number of carbonyl (C=O) groups excluding carboxylic acids is 1. The molecule has 0 saturated carbocycles. The minimum absolute atomic E-state index is 0.280. The molecule has 0 bridgehead atoms. The first-order valence-electron chi connectivity index (χ1n) is 11.1. The molecule has 0 unspecified atom stereocenters. The van der Waals surface area contributed by atoms with Gasteiger partial charge in [-0.3, -0.25) is 9.78 Å². The predicted octanol–water partition coefficient (Wildman–Crippen LogP) is 4.51. The van der Waals surface area contributed by atoms with Crippen molar-refractivity contribution < 1.29 is 14.3 Å². The third-order valence-corrected chi connectivity index (χ3v) is 5.41. The molecule has 0 aliphatic carbocycles. The second kappa shape index (κ2) is 9.71. The predicted molar refractivity (Wildman–Crippen MR) is 136 cm³/mol. The van der Waals surface area contributed by atoms with Crippen LogP contribution in [0, 0.1) is 6.92 Å². The lowest BCUT2D eigenvalue weighted by Crippen LogP contribution is -2.13. The van der Waals surface area contributed by atoms with Crippen molar-refractivity contribution >= 4 is 28.9 Å². The number of methoxy groups -OCH3 is 2. The van der Waals surface area contributed by atoms with Crippen molar-refractivity contribution in [1.29, 1.82) is 0 Å². The molecule has 0 fully saturated rings. The van der Waals surface area contributed by atoms with Gasteiger partial charge in [0.15, 0.2) is 5.82 Å². The Morgan fingerprint density at radius 1 is 0.972 bits per heavy atom. The zero-order valence-corrected chi connectivity index (χ0v) is 19.9. The van der Waals surface area contributed by atoms with E-state index in [2.05, 4.69) is 30.7 Å². The Morgan fingerprint density at radius 2 is 1.86 bits per heavy atom. The number of rotatable bonds is 7. The molecule has 10 heteroatoms. The molecule has 1 amide bonds. The maximum atomic E-state index is 13.0. The van der Waals surface area contributed by atoms with Crippen LogP contribution in [-0.4, -0.2) is 44.7 Å². The number of amides is 1. The van der Waals surface area contributed by atoms with Crippen molar-refractivity contribution in [3.63, 3.8) is 0 Å². The standard InChI is InChI=1S/C26H23N7O3/c1-16-12-23(33-26(28-16)31-24(32-33)18-7-5-11-27-15-18)29-19-8-4-6-17(13-19)25(34)30-21-10-9-20(35-2)14-22(21)36-3/h4-15,29H,1-3H3,(H,30,34). The fourth-order valence-corrected chi connectivity index (χ4v) is 3.68. The van der Waals surface area contributed by atoms with Crippen LogP contribution in [0.2, 0.25) is 0 Å². The number of anilines is 3. The third kappa shape index (κ3) is 4.64. The largest absolute Gasteiger partial charge is 0.497 e. The lowest BCUT2D eigenvalue weighted by Gasteiger charge is -2.13. The van der Waals surface area contributed by atoms with E-state index in [0.717, 1.165) is 11.3 Å². The van der Waals surface area contributed by atoms with Crippen LogP contribution in [-0.2, 0) is 0 Å². The first kappa shape index (κ1) is 22.8. The number of pyridine rings is 1. The Balaban J connectivity index is 1.42. The summed E-state index contributed by atoms with van der Waals surface area (Å²) in [6.07, 6.45) is 3.40. The molecule has 0 aliphatic rings. The number of hydrogen-bond donors (Lipinski definition) is 2. The molecule has 3 aromatic heterocycles. The molecule has 5 aromatic rings. The van der Waals surface area contributed by atoms with Crippen LogP contribution in [0.1, 0.15) is 16.1 Å². The zero-order chi connectivity index (χ0) is 25.1. The number of aromatic nitrogens is 5. The number of fused-ring (bicyclic) bond motifs is 1. The summed E-state index contributed by atoms with van der Waals surface area (Å²) in [6, 6.07) is 17.9. The molecule has 3 heterocycles. The fourth-order valence-electron chi connectivity index (χ4n) is 3.68. The molecule has 0 spiro atoms. The monoisotopic (exact) mass is 481 g/mol. The van der Waals surface area contributed by atoms with Crippen LogP contribution in [0.15, 0.2) is 73.1 Å². The van der Waals surface area contributed by atoms with Gasteiger partial charge >= 0.3 is 0 Å². The maximum Gasteiger partial charge on any atom is 0.255 e. The zero-order valence-electron chi connectivity index (χ0n) is 19.9. The van der Waals surface area contributed by atoms with Gasteiger partial charge in [-0.2, -0.15) is 9.50 Å². The van der Waals surface area contributed by atoms with Crippen molar-refractivity contribution in [1.82, 2.24) is 24.6 Å². The second-order valence-corrected chi connectivity index (χ2v) is 7.90. The second-order valence-electron chi connectivity index (χ2n) is 7.90. The van der Waals surface area contributed by atoms with Crippen molar-refractivity contribution in [3.05, 3.63) is 84.3 Å². The Hall–Kier alpha value is -4.99. The number of ether oxygens (including phenoxy) is 2. The lowest BCUT2D eigenvalue weighted by molar-refractivity contribution is 0.102. The smallest absolute Gasteiger partial charge is 0.255 e. The number of nitrogens with one attached hydrogen (secondary N) is 2. The highest BCUT2D eigenvalue weighted by atomic mass is 16.5. The van der Waals surface area contributed by atoms with Crippen LogP contribution in [0.4, 0.5) is 17.2 Å². The van der Waals surface area contributed by atoms with Gasteiger partial charge in [-0.15, -0.1) is 5.10 Å². The molecular formula is C26H23N7O3. The topological polar surface area (TPSA) is 116 Å². The van der Waals surface area contributed by atoms with E-state index in [0.29, 0.717) is 45.9 Å². The minimum Gasteiger partial charge on any atom is -0.497 e. The van der Waals surface area contributed by atoms with E-state index < -0.39 is 0 Å². The van der Waals surface area contributed by atoms with E-state index >= 15 is 0 Å². The van der Waals surface area contributed by atoms with Gasteiger partial charge in [-0.25, -0.2) is 4.98 Å². The van der Waals surface area contributed by atoms with Crippen molar-refractivity contribution in [2.24, 2.45) is 0 Å². The van der Waals surface area contributed by atoms with Gasteiger partial charge in [0.25, 0.3) is 11.7 Å². The summed E-state index contributed by atoms with van der Waals surface area (Å²) in [5, 5.41) is 10.8. The molecule has 0 radical (unpaired) electrons. The molecule has 5 rings (SSSR count). The molecule has 36 heavy (non-hydrogen) atoms. The van der Waals surface area contributed by atoms with Gasteiger partial charge in [-0.05, 0) is 49.4 Å². The number of aryl methyl sites for hydroxylation is 1. The van der Waals surface area contributed by atoms with Crippen LogP contribution in [0.3, 0.4) is 0 Å². The Kier molecular flexibility index (Phi) is 6.14. The van der Waals surface area contributed by atoms with Gasteiger partial charge in [0.1, 0.15) is 17.3 Å². The van der Waals surface area contributed by atoms with Crippen LogP contribution in [0.25, 0.3) is 17.2 Å². The summed E-state index contributed by atoms with van der Waals surface area (Å²) >= 11 is 0. The molecule has 180 valence electrons. The number of nitrogens with zero attached hydrogens (tertiary/aromatic N) is 5. The lowest BCUT2D eigenvalue weighted by atomic mass is 10.1. The van der Waals surface area contributed by atoms with Gasteiger partial charge in [0.2, 0.25) is 0 Å². The SMILES string of the molecule is COc1ccc(NC(=O)c2cccc(Nc3cc(C)nc4nc(-c5cccnc5)nn34)c2)c(OC)c1. The van der Waals surface area contributed by atoms with Crippen LogP contribution < -0.4 is 20.1 Å². The molecular weight excluding hydrogens is 458 g/mol. The van der Waals surface area contributed by atoms with Crippen molar-refractivity contribution in [2.45, 2.75) is 6.92 Å². The molecule has 2 N–H and O–H groups in total. The first-order chi connectivity index (χ1) is 17.5. The summed E-state index contributed by atoms with van der Waals surface area (Å²) in [6.45, 7) is 1.88. The van der Waals surface area contributed by atoms with Gasteiger partial charge in [0, 0.05) is 47.0 Å².